The molecule has 0 bridgehead atoms. The minimum atomic E-state index is -4.36. The fraction of sp³-hybridized carbons (Fsp3) is 0.462. The lowest BCUT2D eigenvalue weighted by molar-refractivity contribution is -0.137. The number of rotatable bonds is 3. The molecule has 0 unspecified atom stereocenters. The molecular formula is C13H15F3O. The number of ketones is 1. The summed E-state index contributed by atoms with van der Waals surface area (Å²) >= 11 is 0. The van der Waals surface area contributed by atoms with Crippen LogP contribution in [0.25, 0.3) is 0 Å². The van der Waals surface area contributed by atoms with E-state index in [2.05, 4.69) is 0 Å². The van der Waals surface area contributed by atoms with Crippen molar-refractivity contribution < 1.29 is 18.0 Å². The molecule has 0 radical (unpaired) electrons. The van der Waals surface area contributed by atoms with Gasteiger partial charge in [0.05, 0.1) is 5.56 Å². The Labute approximate surface area is 98.6 Å². The highest BCUT2D eigenvalue weighted by molar-refractivity contribution is 5.97. The van der Waals surface area contributed by atoms with E-state index in [1.807, 2.05) is 0 Å². The van der Waals surface area contributed by atoms with Crippen LogP contribution in [0.4, 0.5) is 13.2 Å². The molecule has 0 saturated heterocycles. The molecule has 0 heterocycles. The second-order valence-corrected chi connectivity index (χ2v) is 4.23. The highest BCUT2D eigenvalue weighted by Gasteiger charge is 2.31. The molecule has 4 heteroatoms. The normalized spacial score (nSPS) is 11.9. The summed E-state index contributed by atoms with van der Waals surface area (Å²) < 4.78 is 37.7. The van der Waals surface area contributed by atoms with E-state index in [1.54, 1.807) is 20.8 Å². The summed E-state index contributed by atoms with van der Waals surface area (Å²) in [6.45, 7) is 5.26. The van der Waals surface area contributed by atoms with Crippen molar-refractivity contribution in [1.29, 1.82) is 0 Å². The molecule has 0 aromatic heterocycles. The smallest absolute Gasteiger partial charge is 0.294 e. The average Bonchev–Trinajstić information content (AvgIpc) is 2.25. The molecule has 0 aliphatic heterocycles. The van der Waals surface area contributed by atoms with Crippen molar-refractivity contribution in [3.8, 4) is 0 Å². The van der Waals surface area contributed by atoms with Crippen LogP contribution >= 0.6 is 0 Å². The molecule has 0 saturated carbocycles. The van der Waals surface area contributed by atoms with Gasteiger partial charge in [-0.2, -0.15) is 13.2 Å². The lowest BCUT2D eigenvalue weighted by Gasteiger charge is -2.15. The zero-order chi connectivity index (χ0) is 13.2. The highest BCUT2D eigenvalue weighted by Crippen LogP contribution is 2.32. The van der Waals surface area contributed by atoms with E-state index in [9.17, 15) is 18.0 Å². The average molecular weight is 244 g/mol. The first-order chi connectivity index (χ1) is 7.77. The summed E-state index contributed by atoms with van der Waals surface area (Å²) in [6, 6.07) is 3.33. The van der Waals surface area contributed by atoms with E-state index in [0.29, 0.717) is 17.5 Å². The Bertz CT molecular complexity index is 419. The van der Waals surface area contributed by atoms with Crippen LogP contribution in [0, 0.1) is 0 Å². The quantitative estimate of drug-likeness (QED) is 0.719. The van der Waals surface area contributed by atoms with Gasteiger partial charge in [0.2, 0.25) is 0 Å². The zero-order valence-electron chi connectivity index (χ0n) is 10.1. The van der Waals surface area contributed by atoms with E-state index in [0.717, 1.165) is 12.1 Å². The van der Waals surface area contributed by atoms with Gasteiger partial charge in [-0.3, -0.25) is 4.79 Å². The number of carbonyl (C=O) groups excluding carboxylic acids is 1. The van der Waals surface area contributed by atoms with Gasteiger partial charge < -0.3 is 0 Å². The van der Waals surface area contributed by atoms with Crippen LogP contribution in [0.5, 0.6) is 0 Å². The minimum Gasteiger partial charge on any atom is -0.294 e. The monoisotopic (exact) mass is 244 g/mol. The van der Waals surface area contributed by atoms with Gasteiger partial charge in [0, 0.05) is 12.0 Å². The molecule has 0 N–H and O–H groups in total. The van der Waals surface area contributed by atoms with Gasteiger partial charge in [-0.1, -0.05) is 26.8 Å². The number of Topliss-reactive ketones (excluding diaryl/α,β-unsaturated/α-hetero) is 1. The first-order valence-corrected chi connectivity index (χ1v) is 5.51. The molecule has 1 aromatic carbocycles. The van der Waals surface area contributed by atoms with Crippen molar-refractivity contribution in [1.82, 2.24) is 0 Å². The first-order valence-electron chi connectivity index (χ1n) is 5.51. The second-order valence-electron chi connectivity index (χ2n) is 4.23. The summed E-state index contributed by atoms with van der Waals surface area (Å²) in [4.78, 5) is 11.6. The van der Waals surface area contributed by atoms with Gasteiger partial charge in [0.15, 0.2) is 5.78 Å². The van der Waals surface area contributed by atoms with Crippen molar-refractivity contribution in [3.05, 3.63) is 34.9 Å². The standard InChI is InChI=1S/C13H15F3O/c1-4-12(17)10-6-5-9(13(14,15)16)7-11(10)8(2)3/h5-8H,4H2,1-3H3. The van der Waals surface area contributed by atoms with E-state index in [1.165, 1.54) is 6.07 Å². The molecule has 1 aromatic rings. The molecule has 0 atom stereocenters. The summed E-state index contributed by atoms with van der Waals surface area (Å²) in [6.07, 6.45) is -4.07. The fourth-order valence-electron chi connectivity index (χ4n) is 1.66. The Hall–Kier alpha value is -1.32. The maximum absolute atomic E-state index is 12.6. The predicted octanol–water partition coefficient (Wildman–Crippen LogP) is 4.42. The molecular weight excluding hydrogens is 229 g/mol. The Balaban J connectivity index is 3.32. The molecule has 1 nitrogen and oxygen atoms in total. The number of alkyl halides is 3. The number of hydrogen-bond acceptors (Lipinski definition) is 1. The van der Waals surface area contributed by atoms with Crippen LogP contribution in [0.1, 0.15) is 54.6 Å². The fourth-order valence-corrected chi connectivity index (χ4v) is 1.66. The second kappa shape index (κ2) is 4.90. The molecule has 17 heavy (non-hydrogen) atoms. The van der Waals surface area contributed by atoms with E-state index in [-0.39, 0.29) is 11.7 Å². The molecule has 0 aliphatic rings. The Kier molecular flexibility index (Phi) is 3.96. The van der Waals surface area contributed by atoms with Crippen LogP contribution in [0.2, 0.25) is 0 Å². The molecule has 0 amide bonds. The lowest BCUT2D eigenvalue weighted by atomic mass is 9.92. The van der Waals surface area contributed by atoms with E-state index < -0.39 is 11.7 Å². The van der Waals surface area contributed by atoms with Crippen LogP contribution in [-0.2, 0) is 6.18 Å². The molecule has 0 aliphatic carbocycles. The highest BCUT2D eigenvalue weighted by atomic mass is 19.4. The topological polar surface area (TPSA) is 17.1 Å². The summed E-state index contributed by atoms with van der Waals surface area (Å²) in [7, 11) is 0. The largest absolute Gasteiger partial charge is 0.416 e. The van der Waals surface area contributed by atoms with E-state index in [4.69, 9.17) is 0 Å². The summed E-state index contributed by atoms with van der Waals surface area (Å²) in [5, 5.41) is 0. The van der Waals surface area contributed by atoms with Crippen LogP contribution in [0.3, 0.4) is 0 Å². The molecule has 1 rings (SSSR count). The van der Waals surface area contributed by atoms with Crippen molar-refractivity contribution >= 4 is 5.78 Å². The number of halogens is 3. The van der Waals surface area contributed by atoms with Crippen molar-refractivity contribution in [2.24, 2.45) is 0 Å². The summed E-state index contributed by atoms with van der Waals surface area (Å²) in [5.74, 6) is -0.231. The Morgan fingerprint density at radius 2 is 1.88 bits per heavy atom. The van der Waals surface area contributed by atoms with Crippen molar-refractivity contribution in [2.45, 2.75) is 39.3 Å². The third-order valence-corrected chi connectivity index (χ3v) is 2.62. The number of hydrogen-bond donors (Lipinski definition) is 0. The van der Waals surface area contributed by atoms with Crippen LogP contribution in [-0.4, -0.2) is 5.78 Å². The van der Waals surface area contributed by atoms with Gasteiger partial charge in [-0.05, 0) is 23.6 Å². The minimum absolute atomic E-state index is 0.109. The van der Waals surface area contributed by atoms with Crippen LogP contribution in [0.15, 0.2) is 18.2 Å². The number of benzene rings is 1. The SMILES string of the molecule is CCC(=O)c1ccc(C(F)(F)F)cc1C(C)C. The van der Waals surface area contributed by atoms with Gasteiger partial charge >= 0.3 is 6.18 Å². The molecule has 0 fully saturated rings. The zero-order valence-corrected chi connectivity index (χ0v) is 10.1. The Morgan fingerprint density at radius 3 is 2.29 bits per heavy atom. The lowest BCUT2D eigenvalue weighted by Crippen LogP contribution is -2.10. The number of carbonyl (C=O) groups is 1. The predicted molar refractivity (Wildman–Crippen MR) is 60.2 cm³/mol. The van der Waals surface area contributed by atoms with Crippen LogP contribution < -0.4 is 0 Å². The first kappa shape index (κ1) is 13.7. The van der Waals surface area contributed by atoms with Crippen molar-refractivity contribution in [3.63, 3.8) is 0 Å². The van der Waals surface area contributed by atoms with Gasteiger partial charge in [-0.15, -0.1) is 0 Å². The van der Waals surface area contributed by atoms with Crippen molar-refractivity contribution in [2.75, 3.05) is 0 Å². The van der Waals surface area contributed by atoms with Gasteiger partial charge in [-0.25, -0.2) is 0 Å². The van der Waals surface area contributed by atoms with E-state index >= 15 is 0 Å². The third kappa shape index (κ3) is 3.08. The third-order valence-electron chi connectivity index (χ3n) is 2.62. The Morgan fingerprint density at radius 1 is 1.29 bits per heavy atom. The molecule has 94 valence electrons. The maximum Gasteiger partial charge on any atom is 0.416 e. The van der Waals surface area contributed by atoms with Gasteiger partial charge in [0.1, 0.15) is 0 Å². The molecule has 0 spiro atoms. The summed E-state index contributed by atoms with van der Waals surface area (Å²) in [5.41, 5.74) is 0.163. The maximum atomic E-state index is 12.6. The van der Waals surface area contributed by atoms with Gasteiger partial charge in [0.25, 0.3) is 0 Å².